The highest BCUT2D eigenvalue weighted by Crippen LogP contribution is 2.25. The topological polar surface area (TPSA) is 54.5 Å². The fourth-order valence-electron chi connectivity index (χ4n) is 3.13. The van der Waals surface area contributed by atoms with Crippen LogP contribution in [0, 0.1) is 5.82 Å². The van der Waals surface area contributed by atoms with Crippen LogP contribution in [-0.2, 0) is 21.1 Å². The lowest BCUT2D eigenvalue weighted by Gasteiger charge is -2.17. The number of nitrogens with zero attached hydrogens (tertiary/aromatic N) is 1. The number of aryl methyl sites for hydroxylation is 1. The fraction of sp³-hybridized carbons (Fsp3) is 0.316. The van der Waals surface area contributed by atoms with Gasteiger partial charge in [-0.1, -0.05) is 29.8 Å². The minimum atomic E-state index is -3.51. The molecule has 0 unspecified atom stereocenters. The van der Waals surface area contributed by atoms with E-state index in [2.05, 4.69) is 0 Å². The van der Waals surface area contributed by atoms with Crippen molar-refractivity contribution in [2.24, 2.45) is 0 Å². The Morgan fingerprint density at radius 2 is 1.85 bits per heavy atom. The predicted octanol–water partition coefficient (Wildman–Crippen LogP) is 3.49. The lowest BCUT2D eigenvalue weighted by Crippen LogP contribution is -2.32. The van der Waals surface area contributed by atoms with Crippen molar-refractivity contribution < 1.29 is 17.6 Å². The summed E-state index contributed by atoms with van der Waals surface area (Å²) in [6, 6.07) is 12.4. The minimum absolute atomic E-state index is 0.151. The molecule has 26 heavy (non-hydrogen) atoms. The molecule has 1 aliphatic rings. The molecule has 0 spiro atoms. The number of rotatable bonds is 5. The molecule has 0 aromatic heterocycles. The molecule has 1 aliphatic heterocycles. The van der Waals surface area contributed by atoms with Crippen molar-refractivity contribution in [1.29, 1.82) is 0 Å². The zero-order valence-corrected chi connectivity index (χ0v) is 15.6. The second kappa shape index (κ2) is 7.76. The van der Waals surface area contributed by atoms with Crippen molar-refractivity contribution in [2.75, 3.05) is 13.1 Å². The summed E-state index contributed by atoms with van der Waals surface area (Å²) in [4.78, 5) is 14.1. The van der Waals surface area contributed by atoms with E-state index in [1.165, 1.54) is 18.2 Å². The van der Waals surface area contributed by atoms with Crippen LogP contribution in [0.1, 0.15) is 18.4 Å². The number of amides is 1. The van der Waals surface area contributed by atoms with Gasteiger partial charge in [0.05, 0.1) is 10.1 Å². The van der Waals surface area contributed by atoms with Crippen LogP contribution in [0.3, 0.4) is 0 Å². The number of carbonyl (C=O) groups excluding carboxylic acids is 1. The molecule has 0 aliphatic carbocycles. The molecular weight excluding hydrogens is 377 g/mol. The van der Waals surface area contributed by atoms with Gasteiger partial charge in [0.15, 0.2) is 9.84 Å². The molecule has 1 heterocycles. The van der Waals surface area contributed by atoms with Crippen LogP contribution in [0.4, 0.5) is 4.39 Å². The average Bonchev–Trinajstić information content (AvgIpc) is 3.12. The highest BCUT2D eigenvalue weighted by Gasteiger charge is 2.35. The van der Waals surface area contributed by atoms with E-state index in [1.807, 2.05) is 0 Å². The molecule has 138 valence electrons. The van der Waals surface area contributed by atoms with Gasteiger partial charge >= 0.3 is 0 Å². The maximum absolute atomic E-state index is 13.6. The third-order valence-electron chi connectivity index (χ3n) is 4.64. The van der Waals surface area contributed by atoms with Crippen molar-refractivity contribution in [3.8, 4) is 0 Å². The summed E-state index contributed by atoms with van der Waals surface area (Å²) >= 11 is 5.81. The number of hydrogen-bond acceptors (Lipinski definition) is 3. The monoisotopic (exact) mass is 395 g/mol. The Balaban J connectivity index is 1.62. The Labute approximate surface area is 157 Å². The summed E-state index contributed by atoms with van der Waals surface area (Å²) in [5, 5.41) is -0.151. The van der Waals surface area contributed by atoms with Crippen molar-refractivity contribution in [3.05, 3.63) is 64.9 Å². The van der Waals surface area contributed by atoms with Crippen LogP contribution in [0.15, 0.2) is 53.4 Å². The first-order chi connectivity index (χ1) is 12.4. The van der Waals surface area contributed by atoms with Crippen molar-refractivity contribution in [2.45, 2.75) is 29.4 Å². The van der Waals surface area contributed by atoms with Crippen LogP contribution >= 0.6 is 11.6 Å². The van der Waals surface area contributed by atoms with E-state index in [1.54, 1.807) is 35.2 Å². The maximum atomic E-state index is 13.6. The Morgan fingerprint density at radius 1 is 1.15 bits per heavy atom. The van der Waals surface area contributed by atoms with Gasteiger partial charge in [-0.3, -0.25) is 4.79 Å². The Bertz CT molecular complexity index is 899. The molecule has 1 saturated heterocycles. The van der Waals surface area contributed by atoms with E-state index in [4.69, 9.17) is 11.6 Å². The molecule has 3 rings (SSSR count). The zero-order chi connectivity index (χ0) is 18.7. The average molecular weight is 396 g/mol. The van der Waals surface area contributed by atoms with Gasteiger partial charge in [-0.05, 0) is 48.7 Å². The lowest BCUT2D eigenvalue weighted by molar-refractivity contribution is -0.130. The third kappa shape index (κ3) is 4.07. The molecular formula is C19H19ClFNO3S. The predicted molar refractivity (Wildman–Crippen MR) is 98.3 cm³/mol. The molecule has 2 aromatic rings. The van der Waals surface area contributed by atoms with Gasteiger partial charge < -0.3 is 4.90 Å². The smallest absolute Gasteiger partial charge is 0.222 e. The molecule has 0 radical (unpaired) electrons. The van der Waals surface area contributed by atoms with E-state index < -0.39 is 15.1 Å². The summed E-state index contributed by atoms with van der Waals surface area (Å²) in [7, 11) is -3.51. The highest BCUT2D eigenvalue weighted by atomic mass is 35.5. The molecule has 1 amide bonds. The van der Waals surface area contributed by atoms with Gasteiger partial charge in [-0.25, -0.2) is 12.8 Å². The number of likely N-dealkylation sites (tertiary alicyclic amines) is 1. The highest BCUT2D eigenvalue weighted by molar-refractivity contribution is 7.92. The molecule has 4 nitrogen and oxygen atoms in total. The standard InChI is InChI=1S/C19H19ClFNO3S/c20-15-6-8-16(9-7-15)26(24,25)17-11-12-22(13-17)19(23)10-5-14-3-1-2-4-18(14)21/h1-4,6-9,17H,5,10-13H2/t17-/m0/s1. The van der Waals surface area contributed by atoms with E-state index >= 15 is 0 Å². The molecule has 7 heteroatoms. The minimum Gasteiger partial charge on any atom is -0.341 e. The van der Waals surface area contributed by atoms with E-state index in [0.29, 0.717) is 30.0 Å². The second-order valence-electron chi connectivity index (χ2n) is 6.34. The maximum Gasteiger partial charge on any atom is 0.222 e. The fourth-order valence-corrected chi connectivity index (χ4v) is 4.94. The lowest BCUT2D eigenvalue weighted by atomic mass is 10.1. The van der Waals surface area contributed by atoms with Crippen LogP contribution in [0.2, 0.25) is 5.02 Å². The summed E-state index contributed by atoms with van der Waals surface area (Å²) in [5.41, 5.74) is 0.491. The van der Waals surface area contributed by atoms with Gasteiger partial charge in [-0.15, -0.1) is 0 Å². The summed E-state index contributed by atoms with van der Waals surface area (Å²) < 4.78 is 39.1. The quantitative estimate of drug-likeness (QED) is 0.778. The summed E-state index contributed by atoms with van der Waals surface area (Å²) in [6.45, 7) is 0.564. The van der Waals surface area contributed by atoms with Crippen molar-refractivity contribution in [3.63, 3.8) is 0 Å². The number of hydrogen-bond donors (Lipinski definition) is 0. The van der Waals surface area contributed by atoms with Crippen LogP contribution in [0.25, 0.3) is 0 Å². The van der Waals surface area contributed by atoms with E-state index in [9.17, 15) is 17.6 Å². The van der Waals surface area contributed by atoms with Crippen LogP contribution in [0.5, 0.6) is 0 Å². The van der Waals surface area contributed by atoms with Gasteiger partial charge in [-0.2, -0.15) is 0 Å². The molecule has 0 N–H and O–H groups in total. The Kier molecular flexibility index (Phi) is 5.63. The number of carbonyl (C=O) groups is 1. The normalized spacial score (nSPS) is 17.5. The van der Waals surface area contributed by atoms with Crippen molar-refractivity contribution in [1.82, 2.24) is 4.90 Å². The van der Waals surface area contributed by atoms with Gasteiger partial charge in [0.25, 0.3) is 0 Å². The van der Waals surface area contributed by atoms with Gasteiger partial charge in [0.2, 0.25) is 5.91 Å². The number of sulfone groups is 1. The van der Waals surface area contributed by atoms with Crippen LogP contribution in [-0.4, -0.2) is 37.6 Å². The number of benzene rings is 2. The second-order valence-corrected chi connectivity index (χ2v) is 9.01. The summed E-state index contributed by atoms with van der Waals surface area (Å²) in [5.74, 6) is -0.480. The number of halogens is 2. The first-order valence-electron chi connectivity index (χ1n) is 8.38. The Hall–Kier alpha value is -1.92. The molecule has 0 bridgehead atoms. The van der Waals surface area contributed by atoms with Crippen molar-refractivity contribution >= 4 is 27.3 Å². The molecule has 1 atom stereocenters. The zero-order valence-electron chi connectivity index (χ0n) is 14.1. The van der Waals surface area contributed by atoms with Gasteiger partial charge in [0, 0.05) is 24.5 Å². The summed E-state index contributed by atoms with van der Waals surface area (Å²) in [6.07, 6.45) is 0.863. The molecule has 0 saturated carbocycles. The molecule has 1 fully saturated rings. The van der Waals surface area contributed by atoms with Crippen LogP contribution < -0.4 is 0 Å². The molecule has 2 aromatic carbocycles. The SMILES string of the molecule is O=C(CCc1ccccc1F)N1CC[C@H](S(=O)(=O)c2ccc(Cl)cc2)C1. The van der Waals surface area contributed by atoms with E-state index in [0.717, 1.165) is 0 Å². The first kappa shape index (κ1) is 18.9. The Morgan fingerprint density at radius 3 is 2.54 bits per heavy atom. The van der Waals surface area contributed by atoms with Gasteiger partial charge in [0.1, 0.15) is 5.82 Å². The first-order valence-corrected chi connectivity index (χ1v) is 10.3. The third-order valence-corrected chi connectivity index (χ3v) is 7.09. The largest absolute Gasteiger partial charge is 0.341 e. The van der Waals surface area contributed by atoms with E-state index in [-0.39, 0.29) is 29.6 Å².